The summed E-state index contributed by atoms with van der Waals surface area (Å²) in [6, 6.07) is 0. The zero-order valence-electron chi connectivity index (χ0n) is 12.4. The van der Waals surface area contributed by atoms with Crippen molar-refractivity contribution < 1.29 is 0 Å². The average Bonchev–Trinajstić information content (AvgIpc) is 2.95. The van der Waals surface area contributed by atoms with Gasteiger partial charge in [-0.1, -0.05) is 13.3 Å². The molecule has 3 heterocycles. The molecule has 108 valence electrons. The van der Waals surface area contributed by atoms with Crippen molar-refractivity contribution in [2.75, 3.05) is 18.8 Å². The van der Waals surface area contributed by atoms with Crippen molar-refractivity contribution >= 4 is 27.4 Å². The van der Waals surface area contributed by atoms with Gasteiger partial charge in [-0.25, -0.2) is 9.97 Å². The van der Waals surface area contributed by atoms with Crippen LogP contribution < -0.4 is 5.73 Å². The summed E-state index contributed by atoms with van der Waals surface area (Å²) in [6.07, 6.45) is 2.56. The Labute approximate surface area is 124 Å². The van der Waals surface area contributed by atoms with Crippen molar-refractivity contribution in [3.05, 3.63) is 16.3 Å². The zero-order chi connectivity index (χ0) is 14.3. The van der Waals surface area contributed by atoms with Gasteiger partial charge < -0.3 is 5.73 Å². The van der Waals surface area contributed by atoms with E-state index in [0.717, 1.165) is 35.0 Å². The summed E-state index contributed by atoms with van der Waals surface area (Å²) in [6.45, 7) is 9.63. The lowest BCUT2D eigenvalue weighted by molar-refractivity contribution is 0.308. The highest BCUT2D eigenvalue weighted by Gasteiger charge is 2.22. The molecule has 1 fully saturated rings. The third kappa shape index (κ3) is 2.40. The smallest absolute Gasteiger partial charge is 0.146 e. The predicted octanol–water partition coefficient (Wildman–Crippen LogP) is 3.12. The first kappa shape index (κ1) is 13.8. The highest BCUT2D eigenvalue weighted by Crippen LogP contribution is 2.32. The van der Waals surface area contributed by atoms with Crippen molar-refractivity contribution in [2.24, 2.45) is 5.92 Å². The van der Waals surface area contributed by atoms with Crippen LogP contribution in [0, 0.1) is 19.8 Å². The monoisotopic (exact) mass is 290 g/mol. The highest BCUT2D eigenvalue weighted by molar-refractivity contribution is 7.18. The molecule has 2 N–H and O–H groups in total. The lowest BCUT2D eigenvalue weighted by atomic mass is 10.1. The molecule has 1 unspecified atom stereocenters. The third-order valence-electron chi connectivity index (χ3n) is 4.42. The van der Waals surface area contributed by atoms with Crippen molar-refractivity contribution in [1.82, 2.24) is 14.9 Å². The van der Waals surface area contributed by atoms with Gasteiger partial charge in [0, 0.05) is 11.4 Å². The highest BCUT2D eigenvalue weighted by atomic mass is 32.1. The van der Waals surface area contributed by atoms with E-state index in [4.69, 9.17) is 10.7 Å². The molecule has 3 rings (SSSR count). The number of fused-ring (bicyclic) bond motifs is 1. The fourth-order valence-electron chi connectivity index (χ4n) is 2.99. The molecule has 2 aromatic rings. The van der Waals surface area contributed by atoms with Crippen LogP contribution in [0.25, 0.3) is 10.2 Å². The van der Waals surface area contributed by atoms with E-state index in [1.54, 1.807) is 11.3 Å². The number of aryl methyl sites for hydroxylation is 2. The van der Waals surface area contributed by atoms with Crippen LogP contribution in [0.1, 0.15) is 36.0 Å². The molecular formula is C15H22N4S. The number of hydrogen-bond acceptors (Lipinski definition) is 5. The number of rotatable bonds is 3. The van der Waals surface area contributed by atoms with Crippen molar-refractivity contribution in [1.29, 1.82) is 0 Å². The molecule has 1 aliphatic rings. The molecule has 0 saturated carbocycles. The first-order chi connectivity index (χ1) is 9.58. The molecule has 1 atom stereocenters. The van der Waals surface area contributed by atoms with Gasteiger partial charge in [0.25, 0.3) is 0 Å². The second-order valence-corrected chi connectivity index (χ2v) is 6.99. The van der Waals surface area contributed by atoms with Gasteiger partial charge in [0.15, 0.2) is 0 Å². The number of thiophene rings is 1. The quantitative estimate of drug-likeness (QED) is 0.943. The molecule has 0 radical (unpaired) electrons. The SMILES string of the molecule is CCC1CCN(Cc2nc(N)c3c(C)c(C)sc3n2)C1. The van der Waals surface area contributed by atoms with Crippen LogP contribution in [0.3, 0.4) is 0 Å². The van der Waals surface area contributed by atoms with Crippen molar-refractivity contribution in [2.45, 2.75) is 40.2 Å². The summed E-state index contributed by atoms with van der Waals surface area (Å²) in [4.78, 5) is 14.0. The lowest BCUT2D eigenvalue weighted by Crippen LogP contribution is -2.21. The van der Waals surface area contributed by atoms with Crippen molar-refractivity contribution in [3.8, 4) is 0 Å². The molecule has 0 spiro atoms. The number of anilines is 1. The number of aromatic nitrogens is 2. The standard InChI is InChI=1S/C15H22N4S/c1-4-11-5-6-19(7-11)8-12-17-14(16)13-9(2)10(3)20-15(13)18-12/h11H,4-8H2,1-3H3,(H2,16,17,18). The Balaban J connectivity index is 1.86. The Bertz CT molecular complexity index is 634. The van der Waals surface area contributed by atoms with Gasteiger partial charge in [-0.3, -0.25) is 4.90 Å². The molecule has 0 bridgehead atoms. The molecule has 5 heteroatoms. The Morgan fingerprint density at radius 2 is 2.15 bits per heavy atom. The summed E-state index contributed by atoms with van der Waals surface area (Å²) >= 11 is 1.72. The van der Waals surface area contributed by atoms with Crippen LogP contribution in [-0.4, -0.2) is 28.0 Å². The number of nitrogens with zero attached hydrogens (tertiary/aromatic N) is 3. The van der Waals surface area contributed by atoms with E-state index in [1.165, 1.54) is 29.8 Å². The van der Waals surface area contributed by atoms with E-state index in [2.05, 4.69) is 30.7 Å². The minimum absolute atomic E-state index is 0.637. The Hall–Kier alpha value is -1.20. The van der Waals surface area contributed by atoms with Crippen LogP contribution in [-0.2, 0) is 6.54 Å². The van der Waals surface area contributed by atoms with Crippen LogP contribution >= 0.6 is 11.3 Å². The predicted molar refractivity (Wildman–Crippen MR) is 85.0 cm³/mol. The van der Waals surface area contributed by atoms with Gasteiger partial charge in [0.2, 0.25) is 0 Å². The summed E-state index contributed by atoms with van der Waals surface area (Å²) in [7, 11) is 0. The topological polar surface area (TPSA) is 55.0 Å². The number of nitrogens with two attached hydrogens (primary N) is 1. The molecule has 1 aliphatic heterocycles. The average molecular weight is 290 g/mol. The van der Waals surface area contributed by atoms with Gasteiger partial charge >= 0.3 is 0 Å². The summed E-state index contributed by atoms with van der Waals surface area (Å²) in [5.74, 6) is 2.34. The molecule has 4 nitrogen and oxygen atoms in total. The number of likely N-dealkylation sites (tertiary alicyclic amines) is 1. The maximum Gasteiger partial charge on any atom is 0.146 e. The molecule has 20 heavy (non-hydrogen) atoms. The summed E-state index contributed by atoms with van der Waals surface area (Å²) < 4.78 is 0. The molecule has 1 saturated heterocycles. The van der Waals surface area contributed by atoms with E-state index < -0.39 is 0 Å². The fraction of sp³-hybridized carbons (Fsp3) is 0.600. The van der Waals surface area contributed by atoms with E-state index in [1.807, 2.05) is 0 Å². The lowest BCUT2D eigenvalue weighted by Gasteiger charge is -2.14. The van der Waals surface area contributed by atoms with Gasteiger partial charge in [-0.2, -0.15) is 0 Å². The zero-order valence-corrected chi connectivity index (χ0v) is 13.3. The number of nitrogen functional groups attached to an aromatic ring is 1. The first-order valence-electron chi connectivity index (χ1n) is 7.33. The Morgan fingerprint density at radius 1 is 1.35 bits per heavy atom. The summed E-state index contributed by atoms with van der Waals surface area (Å²) in [5, 5.41) is 1.05. The third-order valence-corrected chi connectivity index (χ3v) is 5.52. The van der Waals surface area contributed by atoms with Crippen LogP contribution in [0.5, 0.6) is 0 Å². The summed E-state index contributed by atoms with van der Waals surface area (Å²) in [5.41, 5.74) is 7.36. The fourth-order valence-corrected chi connectivity index (χ4v) is 4.04. The van der Waals surface area contributed by atoms with Gasteiger partial charge in [-0.15, -0.1) is 11.3 Å². The maximum atomic E-state index is 6.14. The van der Waals surface area contributed by atoms with E-state index in [9.17, 15) is 0 Å². The van der Waals surface area contributed by atoms with Crippen LogP contribution in [0.4, 0.5) is 5.82 Å². The molecule has 0 aromatic carbocycles. The Morgan fingerprint density at radius 3 is 2.85 bits per heavy atom. The van der Waals surface area contributed by atoms with Crippen LogP contribution in [0.15, 0.2) is 0 Å². The minimum atomic E-state index is 0.637. The normalized spacial score (nSPS) is 20.1. The number of hydrogen-bond donors (Lipinski definition) is 1. The minimum Gasteiger partial charge on any atom is -0.383 e. The maximum absolute atomic E-state index is 6.14. The van der Waals surface area contributed by atoms with Crippen LogP contribution in [0.2, 0.25) is 0 Å². The van der Waals surface area contributed by atoms with E-state index >= 15 is 0 Å². The largest absolute Gasteiger partial charge is 0.383 e. The molecule has 2 aromatic heterocycles. The first-order valence-corrected chi connectivity index (χ1v) is 8.14. The Kier molecular flexibility index (Phi) is 3.65. The van der Waals surface area contributed by atoms with Gasteiger partial charge in [-0.05, 0) is 38.3 Å². The van der Waals surface area contributed by atoms with Gasteiger partial charge in [0.05, 0.1) is 11.9 Å². The molecular weight excluding hydrogens is 268 g/mol. The second-order valence-electron chi connectivity index (χ2n) is 5.79. The molecule has 0 amide bonds. The molecule has 0 aliphatic carbocycles. The van der Waals surface area contributed by atoms with E-state index in [-0.39, 0.29) is 0 Å². The van der Waals surface area contributed by atoms with Crippen molar-refractivity contribution in [3.63, 3.8) is 0 Å². The van der Waals surface area contributed by atoms with E-state index in [0.29, 0.717) is 5.82 Å². The van der Waals surface area contributed by atoms with Gasteiger partial charge in [0.1, 0.15) is 16.5 Å². The second kappa shape index (κ2) is 5.30.